The quantitative estimate of drug-likeness (QED) is 0.839. The van der Waals surface area contributed by atoms with Gasteiger partial charge in [0.05, 0.1) is 19.4 Å². The number of rotatable bonds is 4. The topological polar surface area (TPSA) is 69.2 Å². The number of ether oxygens (including phenoxy) is 1. The third-order valence-electron chi connectivity index (χ3n) is 5.01. The molecule has 0 aromatic carbocycles. The molecule has 0 unspecified atom stereocenters. The highest BCUT2D eigenvalue weighted by atomic mass is 16.5. The van der Waals surface area contributed by atoms with Crippen LogP contribution in [0.1, 0.15) is 17.3 Å². The van der Waals surface area contributed by atoms with Gasteiger partial charge >= 0.3 is 0 Å². The van der Waals surface area contributed by atoms with Crippen molar-refractivity contribution in [3.05, 3.63) is 29.7 Å². The van der Waals surface area contributed by atoms with E-state index in [4.69, 9.17) is 9.26 Å². The summed E-state index contributed by atoms with van der Waals surface area (Å²) < 4.78 is 13.0. The molecule has 2 aromatic heterocycles. The van der Waals surface area contributed by atoms with E-state index in [9.17, 15) is 0 Å². The SMILES string of the molecule is Cc1noc(C[C@@H]2COC[C@H]3CN(Cc4cnn(C)c4)C[C@@H]23)n1. The summed E-state index contributed by atoms with van der Waals surface area (Å²) in [5, 5.41) is 8.15. The van der Waals surface area contributed by atoms with Crippen molar-refractivity contribution >= 4 is 0 Å². The predicted molar refractivity (Wildman–Crippen MR) is 82.5 cm³/mol. The van der Waals surface area contributed by atoms with Crippen LogP contribution in [0.15, 0.2) is 16.9 Å². The summed E-state index contributed by atoms with van der Waals surface area (Å²) >= 11 is 0. The maximum absolute atomic E-state index is 5.84. The van der Waals surface area contributed by atoms with Gasteiger partial charge in [0.15, 0.2) is 5.82 Å². The lowest BCUT2D eigenvalue weighted by Crippen LogP contribution is -2.36. The van der Waals surface area contributed by atoms with Gasteiger partial charge in [-0.2, -0.15) is 10.1 Å². The highest BCUT2D eigenvalue weighted by Gasteiger charge is 2.41. The van der Waals surface area contributed by atoms with Gasteiger partial charge in [-0.3, -0.25) is 9.58 Å². The number of likely N-dealkylation sites (tertiary alicyclic amines) is 1. The first-order chi connectivity index (χ1) is 11.2. The van der Waals surface area contributed by atoms with Crippen LogP contribution in [0.5, 0.6) is 0 Å². The van der Waals surface area contributed by atoms with Gasteiger partial charge in [-0.15, -0.1) is 0 Å². The van der Waals surface area contributed by atoms with Crippen molar-refractivity contribution in [3.63, 3.8) is 0 Å². The molecule has 23 heavy (non-hydrogen) atoms. The summed E-state index contributed by atoms with van der Waals surface area (Å²) in [6.45, 7) is 6.70. The normalized spacial score (nSPS) is 28.2. The van der Waals surface area contributed by atoms with Crippen molar-refractivity contribution in [2.75, 3.05) is 26.3 Å². The molecule has 0 spiro atoms. The molecule has 2 aliphatic rings. The van der Waals surface area contributed by atoms with Crippen LogP contribution in [0, 0.1) is 24.7 Å². The fourth-order valence-electron chi connectivity index (χ4n) is 3.99. The molecule has 0 bridgehead atoms. The van der Waals surface area contributed by atoms with Crippen LogP contribution in [0.25, 0.3) is 0 Å². The lowest BCUT2D eigenvalue weighted by atomic mass is 9.81. The van der Waals surface area contributed by atoms with Crippen LogP contribution < -0.4 is 0 Å². The van der Waals surface area contributed by atoms with E-state index in [1.54, 1.807) is 0 Å². The van der Waals surface area contributed by atoms with Gasteiger partial charge in [0.2, 0.25) is 5.89 Å². The monoisotopic (exact) mass is 317 g/mol. The Kier molecular flexibility index (Phi) is 3.90. The fourth-order valence-corrected chi connectivity index (χ4v) is 3.99. The number of fused-ring (bicyclic) bond motifs is 1. The maximum Gasteiger partial charge on any atom is 0.227 e. The number of aromatic nitrogens is 4. The molecule has 0 radical (unpaired) electrons. The van der Waals surface area contributed by atoms with Gasteiger partial charge in [0.25, 0.3) is 0 Å². The average Bonchev–Trinajstić information content (AvgIpc) is 3.21. The zero-order valence-electron chi connectivity index (χ0n) is 13.7. The second-order valence-corrected chi connectivity index (χ2v) is 6.88. The molecule has 4 heterocycles. The predicted octanol–water partition coefficient (Wildman–Crippen LogP) is 1.05. The number of aryl methyl sites for hydroxylation is 2. The van der Waals surface area contributed by atoms with Crippen LogP contribution in [-0.2, 0) is 24.8 Å². The van der Waals surface area contributed by atoms with Crippen LogP contribution >= 0.6 is 0 Å². The first kappa shape index (κ1) is 14.8. The van der Waals surface area contributed by atoms with E-state index < -0.39 is 0 Å². The van der Waals surface area contributed by atoms with E-state index in [1.807, 2.05) is 24.9 Å². The molecule has 7 heteroatoms. The molecule has 4 rings (SSSR count). The summed E-state index contributed by atoms with van der Waals surface area (Å²) in [5.74, 6) is 3.16. The van der Waals surface area contributed by atoms with Crippen molar-refractivity contribution in [3.8, 4) is 0 Å². The van der Waals surface area contributed by atoms with E-state index in [0.29, 0.717) is 23.6 Å². The maximum atomic E-state index is 5.84. The zero-order valence-corrected chi connectivity index (χ0v) is 13.7. The van der Waals surface area contributed by atoms with Crippen LogP contribution in [-0.4, -0.2) is 51.1 Å². The molecule has 0 saturated carbocycles. The molecular formula is C16H23N5O2. The third kappa shape index (κ3) is 3.16. The zero-order chi connectivity index (χ0) is 15.8. The Morgan fingerprint density at radius 2 is 2.22 bits per heavy atom. The van der Waals surface area contributed by atoms with E-state index in [-0.39, 0.29) is 0 Å². The molecule has 3 atom stereocenters. The molecule has 0 N–H and O–H groups in total. The van der Waals surface area contributed by atoms with Crippen molar-refractivity contribution in [2.24, 2.45) is 24.8 Å². The van der Waals surface area contributed by atoms with E-state index in [2.05, 4.69) is 26.3 Å². The Morgan fingerprint density at radius 1 is 1.30 bits per heavy atom. The third-order valence-corrected chi connectivity index (χ3v) is 5.01. The van der Waals surface area contributed by atoms with E-state index in [0.717, 1.165) is 45.2 Å². The van der Waals surface area contributed by atoms with Crippen LogP contribution in [0.4, 0.5) is 0 Å². The van der Waals surface area contributed by atoms with Crippen LogP contribution in [0.2, 0.25) is 0 Å². The molecule has 0 amide bonds. The second kappa shape index (κ2) is 6.05. The van der Waals surface area contributed by atoms with E-state index in [1.165, 1.54) is 5.56 Å². The van der Waals surface area contributed by atoms with Crippen LogP contribution in [0.3, 0.4) is 0 Å². The lowest BCUT2D eigenvalue weighted by molar-refractivity contribution is -0.0110. The minimum absolute atomic E-state index is 0.465. The molecule has 2 saturated heterocycles. The summed E-state index contributed by atoms with van der Waals surface area (Å²) in [5.41, 5.74) is 1.27. The highest BCUT2D eigenvalue weighted by Crippen LogP contribution is 2.36. The summed E-state index contributed by atoms with van der Waals surface area (Å²) in [4.78, 5) is 6.87. The van der Waals surface area contributed by atoms with Gasteiger partial charge in [-0.25, -0.2) is 0 Å². The van der Waals surface area contributed by atoms with E-state index >= 15 is 0 Å². The standard InChI is InChI=1S/C16H23N5O2/c1-11-18-16(23-19-11)3-13-9-22-10-14-7-21(8-15(13)14)6-12-4-17-20(2)5-12/h4-5,13-15H,3,6-10H2,1-2H3/t13-,14-,15+/m1/s1. The summed E-state index contributed by atoms with van der Waals surface area (Å²) in [6.07, 6.45) is 4.87. The average molecular weight is 317 g/mol. The highest BCUT2D eigenvalue weighted by molar-refractivity contribution is 5.05. The Labute approximate surface area is 135 Å². The van der Waals surface area contributed by atoms with Crippen molar-refractivity contribution < 1.29 is 9.26 Å². The first-order valence-electron chi connectivity index (χ1n) is 8.24. The fraction of sp³-hybridized carbons (Fsp3) is 0.688. The molecule has 124 valence electrons. The van der Waals surface area contributed by atoms with Gasteiger partial charge in [0, 0.05) is 44.9 Å². The minimum Gasteiger partial charge on any atom is -0.381 e. The van der Waals surface area contributed by atoms with Gasteiger partial charge in [0.1, 0.15) is 0 Å². The molecule has 0 aliphatic carbocycles. The Hall–Kier alpha value is -1.73. The van der Waals surface area contributed by atoms with Gasteiger partial charge in [-0.05, 0) is 24.7 Å². The summed E-state index contributed by atoms with van der Waals surface area (Å²) in [7, 11) is 1.96. The van der Waals surface area contributed by atoms with Gasteiger partial charge in [-0.1, -0.05) is 5.16 Å². The second-order valence-electron chi connectivity index (χ2n) is 6.88. The molecule has 2 aliphatic heterocycles. The Morgan fingerprint density at radius 3 is 2.96 bits per heavy atom. The van der Waals surface area contributed by atoms with Crippen molar-refractivity contribution in [1.82, 2.24) is 24.8 Å². The summed E-state index contributed by atoms with van der Waals surface area (Å²) in [6, 6.07) is 0. The molecule has 7 nitrogen and oxygen atoms in total. The minimum atomic E-state index is 0.465. The lowest BCUT2D eigenvalue weighted by Gasteiger charge is -2.32. The largest absolute Gasteiger partial charge is 0.381 e. The molecule has 2 aromatic rings. The molecular weight excluding hydrogens is 294 g/mol. The smallest absolute Gasteiger partial charge is 0.227 e. The van der Waals surface area contributed by atoms with Crippen molar-refractivity contribution in [2.45, 2.75) is 19.9 Å². The Balaban J connectivity index is 1.41. The number of hydrogen-bond acceptors (Lipinski definition) is 6. The Bertz CT molecular complexity index is 667. The molecule has 2 fully saturated rings. The number of hydrogen-bond donors (Lipinski definition) is 0. The van der Waals surface area contributed by atoms with Crippen molar-refractivity contribution in [1.29, 1.82) is 0 Å². The van der Waals surface area contributed by atoms with Gasteiger partial charge < -0.3 is 9.26 Å². The number of nitrogens with zero attached hydrogens (tertiary/aromatic N) is 5. The first-order valence-corrected chi connectivity index (χ1v) is 8.24.